The third kappa shape index (κ3) is 39.6. The first-order valence-corrected chi connectivity index (χ1v) is 40.7. The topological polar surface area (TPSA) is 291 Å². The molecule has 0 heterocycles. The van der Waals surface area contributed by atoms with Gasteiger partial charge < -0.3 is 175 Å². The Balaban J connectivity index is 0.00000165. The molecule has 12 aromatic carbocycles. The van der Waals surface area contributed by atoms with Gasteiger partial charge in [0.05, 0.1) is 56.9 Å². The molecule has 128 heavy (non-hydrogen) atoms. The molecule has 0 saturated heterocycles. The molecule has 0 fully saturated rings. The van der Waals surface area contributed by atoms with Crippen LogP contribution in [0.4, 0.5) is 35.1 Å². The Morgan fingerprint density at radius 2 is 0.578 bits per heavy atom. The van der Waals surface area contributed by atoms with Gasteiger partial charge in [0.15, 0.2) is 0 Å². The Morgan fingerprint density at radius 1 is 0.305 bits per heavy atom. The Hall–Kier alpha value is -8.67. The van der Waals surface area contributed by atoms with Crippen LogP contribution in [0.25, 0.3) is 89.0 Å². The number of alkyl halides is 7. The number of benzene rings is 12. The van der Waals surface area contributed by atoms with Crippen LogP contribution in [0.3, 0.4) is 0 Å². The molecule has 0 amide bonds. The molecule has 698 valence electrons. The normalized spacial score (nSPS) is 11.4. The van der Waals surface area contributed by atoms with Crippen LogP contribution in [0, 0.1) is 11.6 Å². The Bertz CT molecular complexity index is 4800. The van der Waals surface area contributed by atoms with Crippen LogP contribution in [0.15, 0.2) is 279 Å². The number of quaternary nitrogens is 8. The summed E-state index contributed by atoms with van der Waals surface area (Å²) in [6.07, 6.45) is -0.983. The lowest BCUT2D eigenvalue weighted by molar-refractivity contribution is -0.694. The maximum Gasteiger partial charge on any atom is 0.416 e. The van der Waals surface area contributed by atoms with E-state index in [0.717, 1.165) is 164 Å². The predicted molar refractivity (Wildman–Crippen MR) is 462 cm³/mol. The van der Waals surface area contributed by atoms with Gasteiger partial charge in [0.2, 0.25) is 0 Å². The zero-order chi connectivity index (χ0) is 85.1. The van der Waals surface area contributed by atoms with E-state index in [4.69, 9.17) is 35.3 Å². The van der Waals surface area contributed by atoms with Gasteiger partial charge >= 0.3 is 12.4 Å². The first-order chi connectivity index (χ1) is 57.4. The number of ether oxygens (including phenoxy) is 5. The molecular formula is C97H116Cl9F8N9O5. The van der Waals surface area contributed by atoms with Crippen LogP contribution in [-0.4, -0.2) is 90.3 Å². The summed E-state index contributed by atoms with van der Waals surface area (Å²) >= 11 is 6.31. The number of nitrogens with two attached hydrogens (primary N) is 1. The molecule has 0 aliphatic heterocycles. The lowest BCUT2D eigenvalue weighted by atomic mass is 9.96. The number of methoxy groups -OCH3 is 2. The summed E-state index contributed by atoms with van der Waals surface area (Å²) in [6.45, 7) is 6.88. The molecule has 0 radical (unpaired) electrons. The summed E-state index contributed by atoms with van der Waals surface area (Å²) in [7, 11) is 3.35. The van der Waals surface area contributed by atoms with Crippen LogP contribution in [0.1, 0.15) is 68.1 Å². The Labute approximate surface area is 801 Å². The van der Waals surface area contributed by atoms with E-state index < -0.39 is 23.5 Å². The second-order valence-corrected chi connectivity index (χ2v) is 30.0. The van der Waals surface area contributed by atoms with Gasteiger partial charge in [-0.25, -0.2) is 8.78 Å². The summed E-state index contributed by atoms with van der Waals surface area (Å²) in [5, 5.41) is 2.27. The highest BCUT2D eigenvalue weighted by molar-refractivity contribution is 6.20. The number of halogens is 17. The van der Waals surface area contributed by atoms with Crippen LogP contribution in [0.5, 0.6) is 28.7 Å². The minimum atomic E-state index is -4.45. The molecular weight excluding hydrogens is 1840 g/mol. The quantitative estimate of drug-likeness (QED) is 0.0137. The molecule has 0 unspecified atom stereocenters. The van der Waals surface area contributed by atoms with Crippen molar-refractivity contribution in [3.05, 3.63) is 307 Å². The van der Waals surface area contributed by atoms with Gasteiger partial charge in [-0.1, -0.05) is 133 Å². The predicted octanol–water partition coefficient (Wildman–Crippen LogP) is -8.66. The smallest absolute Gasteiger partial charge is 0.416 e. The molecule has 12 aromatic rings. The van der Waals surface area contributed by atoms with Crippen molar-refractivity contribution in [1.29, 1.82) is 0 Å². The molecule has 12 rings (SSSR count). The molecule has 0 spiro atoms. The fraction of sp³-hybridized carbons (Fsp3) is 0.258. The second kappa shape index (κ2) is 61.8. The highest BCUT2D eigenvalue weighted by Gasteiger charge is 2.31. The van der Waals surface area contributed by atoms with E-state index in [0.29, 0.717) is 59.6 Å². The zero-order valence-electron chi connectivity index (χ0n) is 71.6. The van der Waals surface area contributed by atoms with Crippen LogP contribution in [0.2, 0.25) is 0 Å². The molecule has 14 nitrogen and oxygen atoms in total. The van der Waals surface area contributed by atoms with Crippen molar-refractivity contribution in [2.75, 3.05) is 66.8 Å². The van der Waals surface area contributed by atoms with E-state index in [1.165, 1.54) is 89.2 Å². The van der Waals surface area contributed by atoms with E-state index in [1.807, 2.05) is 54.6 Å². The van der Waals surface area contributed by atoms with Gasteiger partial charge in [0, 0.05) is 44.1 Å². The second-order valence-electron chi connectivity index (χ2n) is 29.4. The third-order valence-electron chi connectivity index (χ3n) is 19.8. The van der Waals surface area contributed by atoms with Gasteiger partial charge in [-0.15, -0.1) is 11.6 Å². The van der Waals surface area contributed by atoms with Gasteiger partial charge in [-0.2, -0.15) is 26.3 Å². The molecule has 0 saturated carbocycles. The summed E-state index contributed by atoms with van der Waals surface area (Å²) in [5.74, 6) is 2.96. The lowest BCUT2D eigenvalue weighted by Gasteiger charge is -2.15. The van der Waals surface area contributed by atoms with E-state index in [1.54, 1.807) is 44.6 Å². The fourth-order valence-corrected chi connectivity index (χ4v) is 13.4. The molecule has 0 aliphatic rings. The molecule has 26 N–H and O–H groups in total. The largest absolute Gasteiger partial charge is 1.00 e. The van der Waals surface area contributed by atoms with Crippen molar-refractivity contribution in [2.45, 2.75) is 93.8 Å². The molecule has 4 atom stereocenters. The monoisotopic (exact) mass is 1950 g/mol. The van der Waals surface area contributed by atoms with Gasteiger partial charge in [0.1, 0.15) is 91.4 Å². The Kier molecular flexibility index (Phi) is 57.6. The van der Waals surface area contributed by atoms with Crippen molar-refractivity contribution in [3.8, 4) is 118 Å². The summed E-state index contributed by atoms with van der Waals surface area (Å²) in [5.41, 5.74) is 42.6. The van der Waals surface area contributed by atoms with Crippen molar-refractivity contribution < 1.29 is 204 Å². The van der Waals surface area contributed by atoms with E-state index in [2.05, 4.69) is 167 Å². The average molecular weight is 1960 g/mol. The number of hydrogen-bond acceptors (Lipinski definition) is 6. The van der Waals surface area contributed by atoms with E-state index >= 15 is 0 Å². The molecule has 0 bridgehead atoms. The van der Waals surface area contributed by atoms with Gasteiger partial charge in [0.25, 0.3) is 0 Å². The molecule has 0 aliphatic carbocycles. The maximum absolute atomic E-state index is 13.7. The highest BCUT2D eigenvalue weighted by atomic mass is 35.5. The molecule has 0 aromatic heterocycles. The van der Waals surface area contributed by atoms with Crippen LogP contribution in [-0.2, 0) is 18.9 Å². The lowest BCUT2D eigenvalue weighted by Crippen LogP contribution is -3.00. The minimum Gasteiger partial charge on any atom is -1.00 e. The minimum absolute atomic E-state index is 0. The first-order valence-electron chi connectivity index (χ1n) is 40.3. The SMILES string of the molecule is COc1ccc(-c2cc(OC[C@@H]([NH3+])CCC[NH3+])cc(-c3ccc(OC)cc3)c2)cc1.N.[Cl-].[Cl-].[Cl-].[Cl-].[Cl-].[Cl-].[Cl-].[Cl-].[NH3+]CCC[C@@H](Cl)COc1cc(-c2cccc(F)c2)cc(-c2cccc(F)c2)c1.[NH3+]CCC[C@H]([NH3+])COc1cc(-c2ccc(C(F)(F)F)cc2)cc(-c2ccc(C(F)(F)F)cc2)c1.[NH3+]CCC[C@H]([NH3+])C[NH2+]Cc1cc(-c2ccccc2)cc(-c2ccccc2)c1. The van der Waals surface area contributed by atoms with Crippen LogP contribution < -0.4 is 175 Å². The molecule has 31 heteroatoms. The van der Waals surface area contributed by atoms with E-state index in [-0.39, 0.29) is 135 Å². The summed E-state index contributed by atoms with van der Waals surface area (Å²) < 4.78 is 134. The highest BCUT2D eigenvalue weighted by Crippen LogP contribution is 2.39. The van der Waals surface area contributed by atoms with Crippen LogP contribution >= 0.6 is 11.6 Å². The van der Waals surface area contributed by atoms with Gasteiger partial charge in [-0.3, -0.25) is 0 Å². The summed E-state index contributed by atoms with van der Waals surface area (Å²) in [4.78, 5) is 0. The third-order valence-corrected chi connectivity index (χ3v) is 20.2. The van der Waals surface area contributed by atoms with Gasteiger partial charge in [-0.05, 0) is 247 Å². The maximum atomic E-state index is 13.7. The van der Waals surface area contributed by atoms with Crippen molar-refractivity contribution in [2.24, 2.45) is 0 Å². The Morgan fingerprint density at radius 3 is 0.883 bits per heavy atom. The number of rotatable bonds is 35. The fourth-order valence-electron chi connectivity index (χ4n) is 13.2. The summed E-state index contributed by atoms with van der Waals surface area (Å²) in [6, 6.07) is 84.3. The first kappa shape index (κ1) is 119. The standard InChI is InChI=1S/C25H24F6N2O.C25H30N2O3.C24H29N3.C23H22ClF2NO.8ClH.H3N/c26-24(27,28)20-7-3-16(4-8-20)18-12-19(17-5-9-21(10-6-17)25(29,30)31)14-23(13-18)34-15-22(33)2-1-11-32;1-28-23-9-5-18(6-10-23)20-14-21(19-7-11-24(29-2)12-8-19)16-25(15-20)30-17-22(27)4-3-13-26;25-13-7-12-24(26)18-27-17-19-14-22(20-8-3-1-4-9-20)16-23(15-19)21-10-5-2-6-11-21;24-20(6-3-9-27)15-28-23-13-18(16-4-1-7-21(25)11-16)10-19(14-23)17-5-2-8-22(26)12-17;;;;;;;;;/h3-10,12-14,22H,1-2,11,15,32-33H2;5-12,14-16,22H,3-4,13,17,26-27H2,1-2H3;1-6,8-11,14-16,24,27H,7,12-13,17-18,25-26H2;1-2,4-5,7-8,10-14,20H,3,6,9,15,27H2;8*1H;1H3/t2*22-;24-;20-;;;;;;;;;/m0001........./s1. The number of hydrogen-bond donors (Lipinski definition) is 9. The average Bonchev–Trinajstić information content (AvgIpc) is 0.825. The zero-order valence-corrected chi connectivity index (χ0v) is 78.4. The van der Waals surface area contributed by atoms with Crippen molar-refractivity contribution >= 4 is 11.6 Å². The van der Waals surface area contributed by atoms with Crippen molar-refractivity contribution in [1.82, 2.24) is 6.15 Å². The van der Waals surface area contributed by atoms with Crippen molar-refractivity contribution in [3.63, 3.8) is 0 Å². The van der Waals surface area contributed by atoms with E-state index in [9.17, 15) is 35.1 Å².